The lowest BCUT2D eigenvalue weighted by molar-refractivity contribution is -0.140. The van der Waals surface area contributed by atoms with Gasteiger partial charge in [0.1, 0.15) is 11.9 Å². The fraction of sp³-hybridized carbons (Fsp3) is 0.286. The number of carbonyl (C=O) groups excluding carboxylic acids is 2. The van der Waals surface area contributed by atoms with E-state index < -0.39 is 6.04 Å². The molecule has 1 atom stereocenters. The van der Waals surface area contributed by atoms with Crippen LogP contribution in [0, 0.1) is 5.82 Å². The summed E-state index contributed by atoms with van der Waals surface area (Å²) < 4.78 is 13.5. The van der Waals surface area contributed by atoms with E-state index in [1.807, 2.05) is 37.3 Å². The maximum atomic E-state index is 13.7. The number of unbranched alkanes of at least 4 members (excludes halogenated alkanes) is 1. The van der Waals surface area contributed by atoms with Crippen LogP contribution in [0.5, 0.6) is 0 Å². The molecule has 0 aliphatic carbocycles. The first kappa shape index (κ1) is 26.7. The van der Waals surface area contributed by atoms with Crippen LogP contribution >= 0.6 is 23.2 Å². The van der Waals surface area contributed by atoms with E-state index >= 15 is 0 Å². The molecule has 0 unspecified atom stereocenters. The van der Waals surface area contributed by atoms with Crippen LogP contribution in [0.1, 0.15) is 36.5 Å². The Kier molecular flexibility index (Phi) is 10.1. The second-order valence-corrected chi connectivity index (χ2v) is 9.19. The van der Waals surface area contributed by atoms with Crippen molar-refractivity contribution in [2.75, 3.05) is 6.54 Å². The summed E-state index contributed by atoms with van der Waals surface area (Å²) in [7, 11) is 0. The SMILES string of the molecule is CCCCNC(=O)[C@H](Cc1ccccc1)N(Cc1ccc(F)cc1)C(=O)Cc1c(Cl)cccc1Cl. The Morgan fingerprint density at radius 3 is 2.20 bits per heavy atom. The van der Waals surface area contributed by atoms with Crippen LogP contribution < -0.4 is 5.32 Å². The van der Waals surface area contributed by atoms with E-state index in [0.717, 1.165) is 18.4 Å². The lowest BCUT2D eigenvalue weighted by Gasteiger charge is -2.32. The molecule has 35 heavy (non-hydrogen) atoms. The Labute approximate surface area is 216 Å². The summed E-state index contributed by atoms with van der Waals surface area (Å²) in [6.45, 7) is 2.71. The molecule has 1 N–H and O–H groups in total. The van der Waals surface area contributed by atoms with E-state index in [4.69, 9.17) is 23.2 Å². The smallest absolute Gasteiger partial charge is 0.243 e. The molecular formula is C28H29Cl2FN2O2. The largest absolute Gasteiger partial charge is 0.354 e. The Morgan fingerprint density at radius 2 is 1.57 bits per heavy atom. The zero-order valence-electron chi connectivity index (χ0n) is 19.6. The summed E-state index contributed by atoms with van der Waals surface area (Å²) in [5.74, 6) is -0.897. The lowest BCUT2D eigenvalue weighted by atomic mass is 10.0. The number of hydrogen-bond acceptors (Lipinski definition) is 2. The molecule has 0 saturated heterocycles. The van der Waals surface area contributed by atoms with Gasteiger partial charge in [0.2, 0.25) is 11.8 Å². The predicted molar refractivity (Wildman–Crippen MR) is 139 cm³/mol. The number of amides is 2. The van der Waals surface area contributed by atoms with E-state index in [1.54, 1.807) is 35.2 Å². The van der Waals surface area contributed by atoms with Crippen LogP contribution in [0.25, 0.3) is 0 Å². The average Bonchev–Trinajstić information content (AvgIpc) is 2.85. The maximum Gasteiger partial charge on any atom is 0.243 e. The quantitative estimate of drug-likeness (QED) is 0.308. The fourth-order valence-corrected chi connectivity index (χ4v) is 4.33. The zero-order valence-corrected chi connectivity index (χ0v) is 21.2. The minimum Gasteiger partial charge on any atom is -0.354 e. The fourth-order valence-electron chi connectivity index (χ4n) is 3.80. The van der Waals surface area contributed by atoms with Crippen LogP contribution in [-0.2, 0) is 29.0 Å². The minimum absolute atomic E-state index is 0.0623. The second-order valence-electron chi connectivity index (χ2n) is 8.38. The lowest BCUT2D eigenvalue weighted by Crippen LogP contribution is -2.51. The van der Waals surface area contributed by atoms with Crippen LogP contribution in [0.2, 0.25) is 10.0 Å². The van der Waals surface area contributed by atoms with Gasteiger partial charge in [-0.05, 0) is 47.4 Å². The van der Waals surface area contributed by atoms with Crippen molar-refractivity contribution in [2.45, 2.75) is 45.2 Å². The van der Waals surface area contributed by atoms with Crippen molar-refractivity contribution in [3.05, 3.63) is 105 Å². The first-order valence-electron chi connectivity index (χ1n) is 11.7. The molecule has 184 valence electrons. The van der Waals surface area contributed by atoms with E-state index in [1.165, 1.54) is 12.1 Å². The van der Waals surface area contributed by atoms with Crippen LogP contribution in [0.3, 0.4) is 0 Å². The molecular weight excluding hydrogens is 486 g/mol. The summed E-state index contributed by atoms with van der Waals surface area (Å²) in [6, 6.07) is 19.8. The first-order valence-corrected chi connectivity index (χ1v) is 12.4. The molecule has 0 spiro atoms. The molecule has 0 aliphatic rings. The van der Waals surface area contributed by atoms with Crippen molar-refractivity contribution in [2.24, 2.45) is 0 Å². The van der Waals surface area contributed by atoms with Crippen molar-refractivity contribution < 1.29 is 14.0 Å². The molecule has 0 saturated carbocycles. The Balaban J connectivity index is 1.97. The molecule has 0 heterocycles. The maximum absolute atomic E-state index is 13.7. The predicted octanol–water partition coefficient (Wildman–Crippen LogP) is 6.23. The van der Waals surface area contributed by atoms with Gasteiger partial charge in [-0.1, -0.05) is 85.1 Å². The molecule has 0 bridgehead atoms. The normalized spacial score (nSPS) is 11.7. The molecule has 7 heteroatoms. The number of nitrogens with one attached hydrogen (secondary N) is 1. The van der Waals surface area contributed by atoms with Gasteiger partial charge in [0.25, 0.3) is 0 Å². The van der Waals surface area contributed by atoms with Gasteiger partial charge in [0.05, 0.1) is 6.42 Å². The number of rotatable bonds is 11. The summed E-state index contributed by atoms with van der Waals surface area (Å²) in [4.78, 5) is 28.6. The summed E-state index contributed by atoms with van der Waals surface area (Å²) >= 11 is 12.7. The Bertz CT molecular complexity index is 1100. The highest BCUT2D eigenvalue weighted by atomic mass is 35.5. The van der Waals surface area contributed by atoms with E-state index in [2.05, 4.69) is 5.32 Å². The first-order chi connectivity index (χ1) is 16.9. The van der Waals surface area contributed by atoms with Gasteiger partial charge >= 0.3 is 0 Å². The summed E-state index contributed by atoms with van der Waals surface area (Å²) in [5, 5.41) is 3.75. The molecule has 3 rings (SSSR count). The minimum atomic E-state index is -0.770. The van der Waals surface area contributed by atoms with Gasteiger partial charge in [-0.3, -0.25) is 9.59 Å². The number of halogens is 3. The van der Waals surface area contributed by atoms with Gasteiger partial charge in [0.15, 0.2) is 0 Å². The van der Waals surface area contributed by atoms with Crippen molar-refractivity contribution in [3.63, 3.8) is 0 Å². The monoisotopic (exact) mass is 514 g/mol. The molecule has 2 amide bonds. The third kappa shape index (κ3) is 7.81. The zero-order chi connectivity index (χ0) is 25.2. The third-order valence-electron chi connectivity index (χ3n) is 5.76. The van der Waals surface area contributed by atoms with Gasteiger partial charge in [-0.15, -0.1) is 0 Å². The highest BCUT2D eigenvalue weighted by Gasteiger charge is 2.31. The molecule has 0 aliphatic heterocycles. The number of nitrogens with zero attached hydrogens (tertiary/aromatic N) is 1. The van der Waals surface area contributed by atoms with Crippen molar-refractivity contribution in [3.8, 4) is 0 Å². The van der Waals surface area contributed by atoms with Crippen molar-refractivity contribution in [1.82, 2.24) is 10.2 Å². The third-order valence-corrected chi connectivity index (χ3v) is 6.46. The highest BCUT2D eigenvalue weighted by Crippen LogP contribution is 2.26. The van der Waals surface area contributed by atoms with E-state index in [9.17, 15) is 14.0 Å². The van der Waals surface area contributed by atoms with Crippen LogP contribution in [-0.4, -0.2) is 29.3 Å². The molecule has 4 nitrogen and oxygen atoms in total. The molecule has 0 radical (unpaired) electrons. The molecule has 0 aromatic heterocycles. The van der Waals surface area contributed by atoms with E-state index in [0.29, 0.717) is 34.1 Å². The summed E-state index contributed by atoms with van der Waals surface area (Å²) in [5.41, 5.74) is 2.15. The van der Waals surface area contributed by atoms with Gasteiger partial charge in [-0.2, -0.15) is 0 Å². The molecule has 3 aromatic carbocycles. The van der Waals surface area contributed by atoms with Crippen LogP contribution in [0.15, 0.2) is 72.8 Å². The summed E-state index contributed by atoms with van der Waals surface area (Å²) in [6.07, 6.45) is 2.05. The van der Waals surface area contributed by atoms with Crippen molar-refractivity contribution >= 4 is 35.0 Å². The average molecular weight is 515 g/mol. The van der Waals surface area contributed by atoms with E-state index in [-0.39, 0.29) is 30.6 Å². The topological polar surface area (TPSA) is 49.4 Å². The Hall–Kier alpha value is -2.89. The van der Waals surface area contributed by atoms with Crippen molar-refractivity contribution in [1.29, 1.82) is 0 Å². The van der Waals surface area contributed by atoms with Crippen LogP contribution in [0.4, 0.5) is 4.39 Å². The van der Waals surface area contributed by atoms with Gasteiger partial charge in [-0.25, -0.2) is 4.39 Å². The van der Waals surface area contributed by atoms with Gasteiger partial charge < -0.3 is 10.2 Å². The standard InChI is InChI=1S/C28H29Cl2FN2O2/c1-2-3-16-32-28(35)26(17-20-8-5-4-6-9-20)33(19-21-12-14-22(31)15-13-21)27(34)18-23-24(29)10-7-11-25(23)30/h4-15,26H,2-3,16-19H2,1H3,(H,32,35)/t26-/m0/s1. The molecule has 3 aromatic rings. The number of benzene rings is 3. The van der Waals surface area contributed by atoms with Gasteiger partial charge in [0, 0.05) is 29.6 Å². The number of hydrogen-bond donors (Lipinski definition) is 1. The second kappa shape index (κ2) is 13.3. The molecule has 0 fully saturated rings. The highest BCUT2D eigenvalue weighted by molar-refractivity contribution is 6.36. The number of carbonyl (C=O) groups is 2. The Morgan fingerprint density at radius 1 is 0.914 bits per heavy atom.